The maximum absolute atomic E-state index is 8.60. The van der Waals surface area contributed by atoms with E-state index >= 15 is 0 Å². The van der Waals surface area contributed by atoms with Gasteiger partial charge in [0.1, 0.15) is 0 Å². The summed E-state index contributed by atoms with van der Waals surface area (Å²) in [4.78, 5) is 0. The van der Waals surface area contributed by atoms with Crippen molar-refractivity contribution < 1.29 is 0 Å². The van der Waals surface area contributed by atoms with E-state index in [-0.39, 0.29) is 0 Å². The number of nitriles is 1. The van der Waals surface area contributed by atoms with Crippen molar-refractivity contribution in [1.29, 1.82) is 5.26 Å². The second-order valence-corrected chi connectivity index (χ2v) is 7.47. The van der Waals surface area contributed by atoms with Gasteiger partial charge in [-0.15, -0.1) is 0 Å². The maximum atomic E-state index is 8.60. The highest BCUT2D eigenvalue weighted by atomic mass is 14.3. The summed E-state index contributed by atoms with van der Waals surface area (Å²) < 4.78 is 0. The average Bonchev–Trinajstić information content (AvgIpc) is 2.58. The van der Waals surface area contributed by atoms with Crippen LogP contribution in [0.25, 0.3) is 0 Å². The van der Waals surface area contributed by atoms with E-state index in [1.54, 1.807) is 6.08 Å². The van der Waals surface area contributed by atoms with Crippen molar-refractivity contribution in [2.75, 3.05) is 0 Å². The summed E-state index contributed by atoms with van der Waals surface area (Å²) in [6.07, 6.45) is 24.0. The van der Waals surface area contributed by atoms with E-state index in [9.17, 15) is 0 Å². The van der Waals surface area contributed by atoms with Gasteiger partial charge >= 0.3 is 0 Å². The van der Waals surface area contributed by atoms with E-state index in [2.05, 4.69) is 31.2 Å². The van der Waals surface area contributed by atoms with Gasteiger partial charge in [0.05, 0.1) is 6.07 Å². The Labute approximate surface area is 137 Å². The zero-order valence-electron chi connectivity index (χ0n) is 14.3. The van der Waals surface area contributed by atoms with Crippen molar-refractivity contribution >= 4 is 0 Å². The Hall–Kier alpha value is -1.03. The third-order valence-corrected chi connectivity index (χ3v) is 5.77. The van der Waals surface area contributed by atoms with E-state index in [0.717, 1.165) is 17.8 Å². The van der Waals surface area contributed by atoms with Crippen LogP contribution in [0.2, 0.25) is 0 Å². The molecule has 2 saturated carbocycles. The molecule has 0 aromatic rings. The molecule has 122 valence electrons. The number of rotatable bonds is 6. The highest BCUT2D eigenvalue weighted by molar-refractivity contribution is 5.05. The van der Waals surface area contributed by atoms with E-state index in [0.29, 0.717) is 5.92 Å². The second-order valence-electron chi connectivity index (χ2n) is 7.47. The van der Waals surface area contributed by atoms with Gasteiger partial charge in [-0.05, 0) is 75.0 Å². The summed E-state index contributed by atoms with van der Waals surface area (Å²) in [7, 11) is 0. The standard InChI is InChI=1S/C21H33N/c1-2-3-5-18-7-11-20(12-8-18)15-16-21-13-9-19(10-14-21)6-4-17-22/h4,6,15-16,18-21H,2-3,5,7-14H2,1H3/b6-4?,16-15+/t18-,19?,20-,21?. The van der Waals surface area contributed by atoms with Gasteiger partial charge in [-0.2, -0.15) is 5.26 Å². The molecular formula is C21H33N. The number of unbranched alkanes of at least 4 members (excludes halogenated alkanes) is 1. The van der Waals surface area contributed by atoms with Gasteiger partial charge in [-0.25, -0.2) is 0 Å². The molecule has 0 aromatic carbocycles. The van der Waals surface area contributed by atoms with Crippen molar-refractivity contribution in [3.63, 3.8) is 0 Å². The normalized spacial score (nSPS) is 33.3. The van der Waals surface area contributed by atoms with Gasteiger partial charge in [0.25, 0.3) is 0 Å². The third-order valence-electron chi connectivity index (χ3n) is 5.77. The van der Waals surface area contributed by atoms with Crippen molar-refractivity contribution in [1.82, 2.24) is 0 Å². The lowest BCUT2D eigenvalue weighted by molar-refractivity contribution is 0.289. The molecule has 2 rings (SSSR count). The van der Waals surface area contributed by atoms with E-state index < -0.39 is 0 Å². The molecule has 0 atom stereocenters. The van der Waals surface area contributed by atoms with E-state index in [1.165, 1.54) is 70.6 Å². The minimum atomic E-state index is 0.651. The Morgan fingerprint density at radius 3 is 1.82 bits per heavy atom. The quantitative estimate of drug-likeness (QED) is 0.410. The molecule has 0 radical (unpaired) electrons. The predicted molar refractivity (Wildman–Crippen MR) is 94.3 cm³/mol. The monoisotopic (exact) mass is 299 g/mol. The van der Waals surface area contributed by atoms with Gasteiger partial charge in [-0.1, -0.05) is 44.4 Å². The Balaban J connectivity index is 1.65. The first-order valence-electron chi connectivity index (χ1n) is 9.56. The van der Waals surface area contributed by atoms with Crippen molar-refractivity contribution in [3.05, 3.63) is 24.3 Å². The maximum Gasteiger partial charge on any atom is 0.0908 e. The van der Waals surface area contributed by atoms with Crippen LogP contribution in [0.15, 0.2) is 24.3 Å². The summed E-state index contributed by atoms with van der Waals surface area (Å²) in [5, 5.41) is 8.60. The molecule has 0 saturated heterocycles. The molecule has 0 spiro atoms. The first kappa shape index (κ1) is 17.3. The molecule has 0 aliphatic heterocycles. The minimum absolute atomic E-state index is 0.651. The molecule has 1 nitrogen and oxygen atoms in total. The Morgan fingerprint density at radius 1 is 0.818 bits per heavy atom. The summed E-state index contributed by atoms with van der Waals surface area (Å²) in [5.74, 6) is 3.32. The molecule has 2 aliphatic rings. The molecule has 22 heavy (non-hydrogen) atoms. The number of allylic oxidation sites excluding steroid dienone is 4. The Morgan fingerprint density at radius 2 is 1.32 bits per heavy atom. The largest absolute Gasteiger partial charge is 0.193 e. The molecule has 0 unspecified atom stereocenters. The Kier molecular flexibility index (Phi) is 7.78. The molecule has 2 fully saturated rings. The van der Waals surface area contributed by atoms with Gasteiger partial charge in [0, 0.05) is 6.08 Å². The minimum Gasteiger partial charge on any atom is -0.193 e. The molecule has 0 aromatic heterocycles. The molecular weight excluding hydrogens is 266 g/mol. The highest BCUT2D eigenvalue weighted by Crippen LogP contribution is 2.34. The number of hydrogen-bond donors (Lipinski definition) is 0. The summed E-state index contributed by atoms with van der Waals surface area (Å²) >= 11 is 0. The van der Waals surface area contributed by atoms with Gasteiger partial charge in [-0.3, -0.25) is 0 Å². The van der Waals surface area contributed by atoms with Crippen LogP contribution in [0.1, 0.15) is 77.6 Å². The molecule has 0 amide bonds. The molecule has 0 N–H and O–H groups in total. The van der Waals surface area contributed by atoms with E-state index in [1.807, 2.05) is 0 Å². The van der Waals surface area contributed by atoms with Crippen LogP contribution in [0.4, 0.5) is 0 Å². The van der Waals surface area contributed by atoms with Crippen LogP contribution in [-0.4, -0.2) is 0 Å². The van der Waals surface area contributed by atoms with Crippen molar-refractivity contribution in [3.8, 4) is 6.07 Å². The lowest BCUT2D eigenvalue weighted by Gasteiger charge is -2.28. The van der Waals surface area contributed by atoms with Crippen LogP contribution in [-0.2, 0) is 0 Å². The van der Waals surface area contributed by atoms with Crippen LogP contribution in [0, 0.1) is 35.0 Å². The van der Waals surface area contributed by atoms with Crippen LogP contribution >= 0.6 is 0 Å². The van der Waals surface area contributed by atoms with E-state index in [4.69, 9.17) is 5.26 Å². The number of nitrogens with zero attached hydrogens (tertiary/aromatic N) is 1. The zero-order chi connectivity index (χ0) is 15.6. The Bertz CT molecular complexity index is 385. The van der Waals surface area contributed by atoms with Gasteiger partial charge in [0.15, 0.2) is 0 Å². The first-order chi connectivity index (χ1) is 10.8. The highest BCUT2D eigenvalue weighted by Gasteiger charge is 2.20. The lowest BCUT2D eigenvalue weighted by atomic mass is 9.78. The summed E-state index contributed by atoms with van der Waals surface area (Å²) in [5.41, 5.74) is 0. The lowest BCUT2D eigenvalue weighted by Crippen LogP contribution is -2.14. The first-order valence-corrected chi connectivity index (χ1v) is 9.56. The smallest absolute Gasteiger partial charge is 0.0908 e. The van der Waals surface area contributed by atoms with Crippen LogP contribution in [0.5, 0.6) is 0 Å². The fraction of sp³-hybridized carbons (Fsp3) is 0.762. The van der Waals surface area contributed by atoms with Crippen molar-refractivity contribution in [2.24, 2.45) is 23.7 Å². The zero-order valence-corrected chi connectivity index (χ0v) is 14.3. The summed E-state index contributed by atoms with van der Waals surface area (Å²) in [6.45, 7) is 2.30. The SMILES string of the molecule is CCCC[C@H]1CC[C@H](/C=C/C2CCC(C=CC#N)CC2)CC1. The van der Waals surface area contributed by atoms with Crippen molar-refractivity contribution in [2.45, 2.75) is 77.6 Å². The molecule has 2 aliphatic carbocycles. The fourth-order valence-corrected chi connectivity index (χ4v) is 4.19. The van der Waals surface area contributed by atoms with Gasteiger partial charge < -0.3 is 0 Å². The third kappa shape index (κ3) is 5.99. The van der Waals surface area contributed by atoms with Crippen LogP contribution < -0.4 is 0 Å². The molecule has 0 bridgehead atoms. The average molecular weight is 300 g/mol. The van der Waals surface area contributed by atoms with Gasteiger partial charge in [0.2, 0.25) is 0 Å². The van der Waals surface area contributed by atoms with Crippen LogP contribution in [0.3, 0.4) is 0 Å². The number of hydrogen-bond acceptors (Lipinski definition) is 1. The fourth-order valence-electron chi connectivity index (χ4n) is 4.19. The molecule has 0 heterocycles. The molecule has 1 heteroatoms. The topological polar surface area (TPSA) is 23.8 Å². The second kappa shape index (κ2) is 9.88. The summed E-state index contributed by atoms with van der Waals surface area (Å²) in [6, 6.07) is 2.12. The predicted octanol–water partition coefficient (Wildman–Crippen LogP) is 6.43.